The predicted octanol–water partition coefficient (Wildman–Crippen LogP) is 7.38. The molecule has 0 N–H and O–H groups in total. The third kappa shape index (κ3) is 3.08. The van der Waals surface area contributed by atoms with Crippen LogP contribution in [0.1, 0.15) is 37.0 Å². The fourth-order valence-electron chi connectivity index (χ4n) is 4.41. The van der Waals surface area contributed by atoms with Gasteiger partial charge >= 0.3 is 0 Å². The summed E-state index contributed by atoms with van der Waals surface area (Å²) >= 11 is 6.31. The molecule has 4 aromatic rings. The molecule has 0 amide bonds. The molecule has 1 unspecified atom stereocenters. The largest absolute Gasteiger partial charge is 0.455 e. The lowest BCUT2D eigenvalue weighted by atomic mass is 9.82. The molecule has 2 nitrogen and oxygen atoms in total. The quantitative estimate of drug-likeness (QED) is 0.255. The topological polar surface area (TPSA) is 25.5 Å². The van der Waals surface area contributed by atoms with Crippen molar-refractivity contribution < 1.29 is 4.42 Å². The number of halogens is 1. The van der Waals surface area contributed by atoms with E-state index in [0.29, 0.717) is 0 Å². The van der Waals surface area contributed by atoms with Gasteiger partial charge in [-0.25, -0.2) is 0 Å². The molecule has 144 valence electrons. The smallest absolute Gasteiger partial charge is 0.142 e. The van der Waals surface area contributed by atoms with E-state index in [2.05, 4.69) is 61.5 Å². The minimum Gasteiger partial charge on any atom is -0.455 e. The van der Waals surface area contributed by atoms with Crippen LogP contribution in [-0.2, 0) is 6.42 Å². The van der Waals surface area contributed by atoms with Crippen LogP contribution in [0, 0.1) is 0 Å². The highest BCUT2D eigenvalue weighted by molar-refractivity contribution is 6.24. The molecule has 0 fully saturated rings. The number of fused-ring (bicyclic) bond motifs is 4. The Morgan fingerprint density at radius 2 is 1.69 bits per heavy atom. The standard InChI is InChI=1S/C26H22ClNO/c1-16(19-15-14-18-8-3-4-9-21(18)25(19)28-17(2)27)20-11-7-12-23-22-10-5-6-13-24(22)29-26(20)23/h3-13,17H,14-15H2,1-2H3/b19-16+,28-25+. The maximum Gasteiger partial charge on any atom is 0.142 e. The number of para-hydroxylation sites is 2. The molecular weight excluding hydrogens is 378 g/mol. The summed E-state index contributed by atoms with van der Waals surface area (Å²) in [6.45, 7) is 4.10. The number of hydrogen-bond donors (Lipinski definition) is 0. The molecule has 0 bridgehead atoms. The summed E-state index contributed by atoms with van der Waals surface area (Å²) in [5.41, 5.74) is 8.72. The first-order valence-electron chi connectivity index (χ1n) is 10.0. The van der Waals surface area contributed by atoms with Crippen molar-refractivity contribution in [1.29, 1.82) is 0 Å². The van der Waals surface area contributed by atoms with Crippen molar-refractivity contribution in [1.82, 2.24) is 0 Å². The van der Waals surface area contributed by atoms with Crippen LogP contribution in [0.5, 0.6) is 0 Å². The Hall–Kier alpha value is -2.84. The van der Waals surface area contributed by atoms with Crippen molar-refractivity contribution in [3.8, 4) is 0 Å². The number of nitrogens with zero attached hydrogens (tertiary/aromatic N) is 1. The Balaban J connectivity index is 1.76. The van der Waals surface area contributed by atoms with Crippen LogP contribution < -0.4 is 0 Å². The molecule has 1 aliphatic carbocycles. The fourth-order valence-corrected chi connectivity index (χ4v) is 4.50. The molecule has 0 spiro atoms. The van der Waals surface area contributed by atoms with E-state index in [1.165, 1.54) is 22.3 Å². The molecule has 1 aliphatic rings. The first-order chi connectivity index (χ1) is 14.1. The number of benzene rings is 3. The van der Waals surface area contributed by atoms with Crippen molar-refractivity contribution in [2.75, 3.05) is 0 Å². The van der Waals surface area contributed by atoms with Crippen LogP contribution in [0.25, 0.3) is 27.5 Å². The molecule has 0 saturated heterocycles. The summed E-state index contributed by atoms with van der Waals surface area (Å²) in [6, 6.07) is 23.1. The molecule has 0 aliphatic heterocycles. The normalized spacial score (nSPS) is 18.2. The number of hydrogen-bond acceptors (Lipinski definition) is 2. The number of rotatable bonds is 2. The van der Waals surface area contributed by atoms with Crippen molar-refractivity contribution >= 4 is 44.8 Å². The predicted molar refractivity (Wildman–Crippen MR) is 123 cm³/mol. The molecule has 1 aromatic heterocycles. The summed E-state index contributed by atoms with van der Waals surface area (Å²) in [4.78, 5) is 4.82. The highest BCUT2D eigenvalue weighted by atomic mass is 35.5. The number of aryl methyl sites for hydroxylation is 1. The highest BCUT2D eigenvalue weighted by Gasteiger charge is 2.23. The van der Waals surface area contributed by atoms with Gasteiger partial charge in [-0.1, -0.05) is 72.3 Å². The molecule has 29 heavy (non-hydrogen) atoms. The van der Waals surface area contributed by atoms with Gasteiger partial charge in [0.05, 0.1) is 5.71 Å². The van der Waals surface area contributed by atoms with Crippen molar-refractivity contribution in [3.05, 3.63) is 89.0 Å². The second-order valence-electron chi connectivity index (χ2n) is 7.59. The van der Waals surface area contributed by atoms with Crippen molar-refractivity contribution in [3.63, 3.8) is 0 Å². The molecular formula is C26H22ClNO. The van der Waals surface area contributed by atoms with Crippen LogP contribution in [0.2, 0.25) is 0 Å². The van der Waals surface area contributed by atoms with Gasteiger partial charge in [0.15, 0.2) is 0 Å². The third-order valence-corrected chi connectivity index (χ3v) is 5.87. The van der Waals surface area contributed by atoms with Gasteiger partial charge in [-0.3, -0.25) is 4.99 Å². The van der Waals surface area contributed by atoms with E-state index in [4.69, 9.17) is 21.0 Å². The average Bonchev–Trinajstić information content (AvgIpc) is 3.12. The minimum absolute atomic E-state index is 0.277. The number of alkyl halides is 1. The zero-order valence-electron chi connectivity index (χ0n) is 16.6. The van der Waals surface area contributed by atoms with E-state index in [0.717, 1.165) is 46.1 Å². The monoisotopic (exact) mass is 399 g/mol. The second kappa shape index (κ2) is 7.20. The lowest BCUT2D eigenvalue weighted by molar-refractivity contribution is 0.667. The van der Waals surface area contributed by atoms with Gasteiger partial charge in [-0.15, -0.1) is 0 Å². The molecule has 1 atom stereocenters. The zero-order valence-corrected chi connectivity index (χ0v) is 17.3. The van der Waals surface area contributed by atoms with Gasteiger partial charge in [0.2, 0.25) is 0 Å². The molecule has 3 aromatic carbocycles. The SMILES string of the molecule is C/C(=C1/CCc2ccccc2/C1=N/C(C)Cl)c1cccc2c1oc1ccccc12. The Morgan fingerprint density at radius 3 is 2.55 bits per heavy atom. The first kappa shape index (κ1) is 18.2. The fraction of sp³-hybridized carbons (Fsp3) is 0.192. The first-order valence-corrected chi connectivity index (χ1v) is 10.5. The van der Waals surface area contributed by atoms with Gasteiger partial charge in [0, 0.05) is 21.9 Å². The van der Waals surface area contributed by atoms with Crippen molar-refractivity contribution in [2.24, 2.45) is 4.99 Å². The maximum absolute atomic E-state index is 6.31. The number of furan rings is 1. The van der Waals surface area contributed by atoms with Crippen LogP contribution in [0.3, 0.4) is 0 Å². The molecule has 1 heterocycles. The summed E-state index contributed by atoms with van der Waals surface area (Å²) in [6.07, 6.45) is 1.95. The van der Waals surface area contributed by atoms with Crippen LogP contribution in [0.15, 0.2) is 81.7 Å². The van der Waals surface area contributed by atoms with Gasteiger partial charge < -0.3 is 4.42 Å². The van der Waals surface area contributed by atoms with E-state index < -0.39 is 0 Å². The summed E-state index contributed by atoms with van der Waals surface area (Å²) in [5.74, 6) is 0. The third-order valence-electron chi connectivity index (χ3n) is 5.77. The summed E-state index contributed by atoms with van der Waals surface area (Å²) in [7, 11) is 0. The maximum atomic E-state index is 6.31. The molecule has 0 radical (unpaired) electrons. The van der Waals surface area contributed by atoms with Crippen LogP contribution in [-0.4, -0.2) is 11.2 Å². The van der Waals surface area contributed by atoms with Crippen LogP contribution >= 0.6 is 11.6 Å². The second-order valence-corrected chi connectivity index (χ2v) is 8.22. The lowest BCUT2D eigenvalue weighted by Gasteiger charge is -2.24. The minimum atomic E-state index is -0.277. The van der Waals surface area contributed by atoms with Gasteiger partial charge in [-0.2, -0.15) is 0 Å². The van der Waals surface area contributed by atoms with E-state index in [-0.39, 0.29) is 5.50 Å². The Morgan fingerprint density at radius 1 is 0.931 bits per heavy atom. The molecule has 3 heteroatoms. The van der Waals surface area contributed by atoms with Crippen LogP contribution in [0.4, 0.5) is 0 Å². The van der Waals surface area contributed by atoms with E-state index in [9.17, 15) is 0 Å². The summed E-state index contributed by atoms with van der Waals surface area (Å²) in [5, 5.41) is 2.30. The lowest BCUT2D eigenvalue weighted by Crippen LogP contribution is -2.17. The van der Waals surface area contributed by atoms with E-state index >= 15 is 0 Å². The molecule has 0 saturated carbocycles. The van der Waals surface area contributed by atoms with Gasteiger partial charge in [0.1, 0.15) is 16.7 Å². The highest BCUT2D eigenvalue weighted by Crippen LogP contribution is 2.37. The van der Waals surface area contributed by atoms with Gasteiger partial charge in [0.25, 0.3) is 0 Å². The van der Waals surface area contributed by atoms with Gasteiger partial charge in [-0.05, 0) is 49.5 Å². The Bertz CT molecular complexity index is 1290. The van der Waals surface area contributed by atoms with E-state index in [1.54, 1.807) is 0 Å². The Kier molecular flexibility index (Phi) is 4.52. The number of allylic oxidation sites excluding steroid dienone is 2. The Labute approximate surface area is 175 Å². The van der Waals surface area contributed by atoms with E-state index in [1.807, 2.05) is 19.1 Å². The average molecular weight is 400 g/mol. The molecule has 5 rings (SSSR count). The zero-order chi connectivity index (χ0) is 20.0. The van der Waals surface area contributed by atoms with Crippen molar-refractivity contribution in [2.45, 2.75) is 32.2 Å². The summed E-state index contributed by atoms with van der Waals surface area (Å²) < 4.78 is 6.28. The number of aliphatic imine (C=N–C) groups is 1.